The van der Waals surface area contributed by atoms with Crippen LogP contribution in [0.25, 0.3) is 0 Å². The van der Waals surface area contributed by atoms with Crippen LogP contribution in [0, 0.1) is 38.4 Å². The molecular formula is C39H52O4. The Morgan fingerprint density at radius 1 is 0.860 bits per heavy atom. The zero-order chi connectivity index (χ0) is 31.1. The fourth-order valence-corrected chi connectivity index (χ4v) is 10.5. The Morgan fingerprint density at radius 3 is 2.26 bits per heavy atom. The average molecular weight is 585 g/mol. The Kier molecular flexibility index (Phi) is 7.03. The van der Waals surface area contributed by atoms with Crippen LogP contribution in [0.2, 0.25) is 0 Å². The largest absolute Gasteiger partial charge is 0.462 e. The predicted octanol–water partition coefficient (Wildman–Crippen LogP) is 9.42. The van der Waals surface area contributed by atoms with Crippen molar-refractivity contribution in [2.24, 2.45) is 38.4 Å². The predicted molar refractivity (Wildman–Crippen MR) is 171 cm³/mol. The van der Waals surface area contributed by atoms with Gasteiger partial charge >= 0.3 is 11.9 Å². The highest BCUT2D eigenvalue weighted by Gasteiger charge is 2.65. The van der Waals surface area contributed by atoms with Crippen LogP contribution in [0.3, 0.4) is 0 Å². The zero-order valence-corrected chi connectivity index (χ0v) is 27.8. The molecule has 7 atom stereocenters. The van der Waals surface area contributed by atoms with Gasteiger partial charge in [-0.15, -0.1) is 0 Å². The molecule has 0 heterocycles. The Bertz CT molecular complexity index is 1420. The molecule has 3 fully saturated rings. The van der Waals surface area contributed by atoms with Gasteiger partial charge in [0.25, 0.3) is 0 Å². The van der Waals surface area contributed by atoms with E-state index in [1.54, 1.807) is 5.57 Å². The lowest BCUT2D eigenvalue weighted by molar-refractivity contribution is -0.154. The van der Waals surface area contributed by atoms with E-state index in [4.69, 9.17) is 9.47 Å². The average Bonchev–Trinajstić information content (AvgIpc) is 2.96. The molecule has 0 N–H and O–H groups in total. The second-order valence-electron chi connectivity index (χ2n) is 16.6. The molecule has 3 saturated carbocycles. The molecule has 232 valence electrons. The van der Waals surface area contributed by atoms with Gasteiger partial charge in [0, 0.05) is 23.2 Å². The molecule has 6 rings (SSSR count). The van der Waals surface area contributed by atoms with Gasteiger partial charge in [-0.25, -0.2) is 4.79 Å². The maximum Gasteiger partial charge on any atom is 0.338 e. The lowest BCUT2D eigenvalue weighted by atomic mass is 9.36. The summed E-state index contributed by atoms with van der Waals surface area (Å²) in [4.78, 5) is 24.8. The van der Waals surface area contributed by atoms with Crippen molar-refractivity contribution in [1.82, 2.24) is 0 Å². The van der Waals surface area contributed by atoms with Crippen molar-refractivity contribution in [3.8, 4) is 0 Å². The van der Waals surface area contributed by atoms with Crippen molar-refractivity contribution in [1.29, 1.82) is 0 Å². The van der Waals surface area contributed by atoms with Gasteiger partial charge in [-0.1, -0.05) is 90.5 Å². The number of carbonyl (C=O) groups excluding carboxylic acids is 2. The van der Waals surface area contributed by atoms with Crippen molar-refractivity contribution in [2.45, 2.75) is 113 Å². The number of carbonyl (C=O) groups is 2. The molecule has 5 aliphatic carbocycles. The second-order valence-corrected chi connectivity index (χ2v) is 16.6. The summed E-state index contributed by atoms with van der Waals surface area (Å²) < 4.78 is 11.8. The fourth-order valence-electron chi connectivity index (χ4n) is 10.5. The number of esters is 2. The van der Waals surface area contributed by atoms with Gasteiger partial charge in [-0.2, -0.15) is 0 Å². The van der Waals surface area contributed by atoms with E-state index in [1.165, 1.54) is 37.3 Å². The fraction of sp³-hybridized carbons (Fsp3) is 0.641. The molecule has 0 amide bonds. The van der Waals surface area contributed by atoms with Crippen molar-refractivity contribution in [3.05, 3.63) is 70.8 Å². The monoisotopic (exact) mass is 584 g/mol. The molecular weight excluding hydrogens is 532 g/mol. The molecule has 4 heteroatoms. The van der Waals surface area contributed by atoms with Gasteiger partial charge in [-0.3, -0.25) is 4.79 Å². The number of fused-ring (bicyclic) bond motifs is 7. The van der Waals surface area contributed by atoms with Gasteiger partial charge < -0.3 is 9.47 Å². The molecule has 5 aliphatic rings. The zero-order valence-electron chi connectivity index (χ0n) is 27.8. The van der Waals surface area contributed by atoms with Crippen molar-refractivity contribution >= 4 is 11.9 Å². The highest BCUT2D eigenvalue weighted by Crippen LogP contribution is 2.74. The van der Waals surface area contributed by atoms with Crippen LogP contribution < -0.4 is 0 Å². The van der Waals surface area contributed by atoms with Crippen LogP contribution in [0.5, 0.6) is 0 Å². The maximum atomic E-state index is 12.9. The number of rotatable bonds is 4. The third-order valence-electron chi connectivity index (χ3n) is 13.6. The summed E-state index contributed by atoms with van der Waals surface area (Å²) in [5, 5.41) is 0. The van der Waals surface area contributed by atoms with Gasteiger partial charge in [0.05, 0.1) is 12.2 Å². The molecule has 0 unspecified atom stereocenters. The quantitative estimate of drug-likeness (QED) is 0.331. The van der Waals surface area contributed by atoms with Crippen molar-refractivity contribution in [2.75, 3.05) is 6.61 Å². The number of hydrogen-bond acceptors (Lipinski definition) is 4. The maximum absolute atomic E-state index is 12.9. The minimum absolute atomic E-state index is 0.0288. The van der Waals surface area contributed by atoms with E-state index in [9.17, 15) is 9.59 Å². The second kappa shape index (κ2) is 9.94. The van der Waals surface area contributed by atoms with E-state index in [0.717, 1.165) is 32.1 Å². The summed E-state index contributed by atoms with van der Waals surface area (Å²) in [6.07, 6.45) is 16.2. The molecule has 0 saturated heterocycles. The first kappa shape index (κ1) is 30.4. The van der Waals surface area contributed by atoms with Crippen molar-refractivity contribution in [3.63, 3.8) is 0 Å². The molecule has 0 spiro atoms. The topological polar surface area (TPSA) is 52.6 Å². The highest BCUT2D eigenvalue weighted by molar-refractivity contribution is 5.89. The van der Waals surface area contributed by atoms with Crippen LogP contribution in [0.1, 0.15) is 117 Å². The first-order valence-corrected chi connectivity index (χ1v) is 16.6. The van der Waals surface area contributed by atoms with Crippen LogP contribution in [0.15, 0.2) is 65.3 Å². The molecule has 0 bridgehead atoms. The minimum Gasteiger partial charge on any atom is -0.462 e. The first-order valence-electron chi connectivity index (χ1n) is 16.6. The van der Waals surface area contributed by atoms with E-state index < -0.39 is 0 Å². The SMILES string of the molecule is CC(=O)O[C@@H]1CC[C@]2(C)C3=CC[C@@]4(C)[C@@H]5C[C@](C)(COC(=O)c6ccccc6)CC[C@]5(C)CC[C@]4(C)C3=CC=C2C1(C)C. The molecule has 0 aromatic heterocycles. The number of allylic oxidation sites excluding steroid dienone is 5. The molecule has 1 aromatic rings. The smallest absolute Gasteiger partial charge is 0.338 e. The lowest BCUT2D eigenvalue weighted by Crippen LogP contribution is -2.60. The Labute approximate surface area is 259 Å². The Morgan fingerprint density at radius 2 is 1.56 bits per heavy atom. The van der Waals surface area contributed by atoms with Crippen molar-refractivity contribution < 1.29 is 19.1 Å². The summed E-state index contributed by atoms with van der Waals surface area (Å²) in [5.74, 6) is 0.143. The van der Waals surface area contributed by atoms with E-state index in [2.05, 4.69) is 66.7 Å². The van der Waals surface area contributed by atoms with Gasteiger partial charge in [0.1, 0.15) is 6.10 Å². The summed E-state index contributed by atoms with van der Waals surface area (Å²) in [7, 11) is 0. The normalized spacial score (nSPS) is 41.2. The third kappa shape index (κ3) is 4.52. The van der Waals surface area contributed by atoms with Crippen LogP contribution in [0.4, 0.5) is 0 Å². The number of ether oxygens (including phenoxy) is 2. The standard InChI is InChI=1S/C39H52O4/c1-26(40)43-32-17-18-37(6)28-16-19-39(8)31-24-35(4,25-42-33(41)27-12-10-9-11-13-27)20-21-36(31,5)22-23-38(39,7)29(28)14-15-30(37)34(32,2)3/h9-16,31-32H,17-25H2,1-8H3/t31-,32-,35-,36-,37-,38-,39+/m1/s1. The van der Waals surface area contributed by atoms with Crippen LogP contribution in [-0.4, -0.2) is 24.6 Å². The van der Waals surface area contributed by atoms with E-state index in [0.29, 0.717) is 23.5 Å². The third-order valence-corrected chi connectivity index (χ3v) is 13.6. The minimum atomic E-state index is -0.213. The summed E-state index contributed by atoms with van der Waals surface area (Å²) >= 11 is 0. The number of benzene rings is 1. The lowest BCUT2D eigenvalue weighted by Gasteiger charge is -2.68. The number of hydrogen-bond donors (Lipinski definition) is 0. The highest BCUT2D eigenvalue weighted by atomic mass is 16.5. The molecule has 0 aliphatic heterocycles. The molecule has 0 radical (unpaired) electrons. The van der Waals surface area contributed by atoms with E-state index >= 15 is 0 Å². The van der Waals surface area contributed by atoms with E-state index in [-0.39, 0.29) is 45.1 Å². The van der Waals surface area contributed by atoms with E-state index in [1.807, 2.05) is 30.3 Å². The summed E-state index contributed by atoms with van der Waals surface area (Å²) in [6, 6.07) is 9.39. The summed E-state index contributed by atoms with van der Waals surface area (Å²) in [5.41, 5.74) is 5.31. The molecule has 4 nitrogen and oxygen atoms in total. The first-order chi connectivity index (χ1) is 20.1. The Balaban J connectivity index is 1.31. The van der Waals surface area contributed by atoms with Crippen LogP contribution in [-0.2, 0) is 14.3 Å². The van der Waals surface area contributed by atoms with Gasteiger partial charge in [0.15, 0.2) is 0 Å². The Hall–Kier alpha value is -2.62. The molecule has 43 heavy (non-hydrogen) atoms. The van der Waals surface area contributed by atoms with Gasteiger partial charge in [0.2, 0.25) is 0 Å². The van der Waals surface area contributed by atoms with Gasteiger partial charge in [-0.05, 0) is 96.8 Å². The molecule has 1 aromatic carbocycles. The van der Waals surface area contributed by atoms with Crippen LogP contribution >= 0.6 is 0 Å². The summed E-state index contributed by atoms with van der Waals surface area (Å²) in [6.45, 7) is 19.0.